The molecule has 1 amide bonds. The SMILES string of the molecule is Cn1c(C(=O)NCc2cccc(F)c2)cc2sccc21. The number of aromatic nitrogens is 1. The number of fused-ring (bicyclic) bond motifs is 1. The van der Waals surface area contributed by atoms with E-state index in [4.69, 9.17) is 0 Å². The fourth-order valence-electron chi connectivity index (χ4n) is 2.19. The second-order valence-electron chi connectivity index (χ2n) is 4.57. The van der Waals surface area contributed by atoms with Gasteiger partial charge in [-0.2, -0.15) is 0 Å². The lowest BCUT2D eigenvalue weighted by Gasteiger charge is -2.06. The van der Waals surface area contributed by atoms with Gasteiger partial charge in [0.2, 0.25) is 0 Å². The number of amides is 1. The highest BCUT2D eigenvalue weighted by Gasteiger charge is 2.13. The quantitative estimate of drug-likeness (QED) is 0.788. The lowest BCUT2D eigenvalue weighted by Crippen LogP contribution is -2.24. The minimum Gasteiger partial charge on any atom is -0.347 e. The van der Waals surface area contributed by atoms with Gasteiger partial charge < -0.3 is 9.88 Å². The number of rotatable bonds is 3. The first-order chi connectivity index (χ1) is 9.65. The van der Waals surface area contributed by atoms with Gasteiger partial charge in [0.05, 0.1) is 10.2 Å². The van der Waals surface area contributed by atoms with Crippen molar-refractivity contribution < 1.29 is 9.18 Å². The van der Waals surface area contributed by atoms with Crippen LogP contribution in [0.25, 0.3) is 10.2 Å². The molecule has 0 unspecified atom stereocenters. The lowest BCUT2D eigenvalue weighted by atomic mass is 10.2. The molecule has 3 rings (SSSR count). The van der Waals surface area contributed by atoms with Gasteiger partial charge in [-0.25, -0.2) is 4.39 Å². The average Bonchev–Trinajstić information content (AvgIpc) is 3.00. The standard InChI is InChI=1S/C15H13FN2OS/c1-18-12-5-6-20-14(12)8-13(18)15(19)17-9-10-3-2-4-11(16)7-10/h2-8H,9H2,1H3,(H,17,19). The van der Waals surface area contributed by atoms with Crippen LogP contribution in [-0.2, 0) is 13.6 Å². The van der Waals surface area contributed by atoms with E-state index in [9.17, 15) is 9.18 Å². The summed E-state index contributed by atoms with van der Waals surface area (Å²) in [5.41, 5.74) is 2.41. The average molecular weight is 288 g/mol. The summed E-state index contributed by atoms with van der Waals surface area (Å²) in [6.45, 7) is 0.315. The van der Waals surface area contributed by atoms with Crippen LogP contribution in [0, 0.1) is 5.82 Å². The Kier molecular flexibility index (Phi) is 3.28. The molecule has 5 heteroatoms. The van der Waals surface area contributed by atoms with Crippen LogP contribution in [0.3, 0.4) is 0 Å². The fraction of sp³-hybridized carbons (Fsp3) is 0.133. The Labute approximate surface area is 119 Å². The van der Waals surface area contributed by atoms with E-state index in [1.165, 1.54) is 12.1 Å². The molecule has 0 radical (unpaired) electrons. The Morgan fingerprint density at radius 1 is 1.35 bits per heavy atom. The molecule has 0 aliphatic heterocycles. The van der Waals surface area contributed by atoms with Gasteiger partial charge in [-0.3, -0.25) is 4.79 Å². The van der Waals surface area contributed by atoms with E-state index in [0.29, 0.717) is 12.2 Å². The second-order valence-corrected chi connectivity index (χ2v) is 5.52. The van der Waals surface area contributed by atoms with Gasteiger partial charge in [0.1, 0.15) is 11.5 Å². The van der Waals surface area contributed by atoms with Crippen LogP contribution in [0.15, 0.2) is 41.8 Å². The summed E-state index contributed by atoms with van der Waals surface area (Å²) in [6, 6.07) is 10.1. The predicted molar refractivity (Wildman–Crippen MR) is 78.4 cm³/mol. The number of carbonyl (C=O) groups excluding carboxylic acids is 1. The smallest absolute Gasteiger partial charge is 0.268 e. The maximum atomic E-state index is 13.1. The van der Waals surface area contributed by atoms with Crippen molar-refractivity contribution in [3.63, 3.8) is 0 Å². The summed E-state index contributed by atoms with van der Waals surface area (Å²) < 4.78 is 16.0. The van der Waals surface area contributed by atoms with Gasteiger partial charge in [0.25, 0.3) is 5.91 Å². The molecule has 2 heterocycles. The number of hydrogen-bond acceptors (Lipinski definition) is 2. The normalized spacial score (nSPS) is 10.9. The molecule has 0 saturated carbocycles. The van der Waals surface area contributed by atoms with Gasteiger partial charge >= 0.3 is 0 Å². The Morgan fingerprint density at radius 2 is 2.20 bits per heavy atom. The zero-order valence-corrected chi connectivity index (χ0v) is 11.7. The molecule has 0 aliphatic rings. The summed E-state index contributed by atoms with van der Waals surface area (Å²) in [4.78, 5) is 12.2. The Balaban J connectivity index is 1.76. The van der Waals surface area contributed by atoms with Crippen molar-refractivity contribution >= 4 is 27.5 Å². The third-order valence-corrected chi connectivity index (χ3v) is 4.09. The highest BCUT2D eigenvalue weighted by Crippen LogP contribution is 2.24. The minimum atomic E-state index is -0.295. The maximum Gasteiger partial charge on any atom is 0.268 e. The number of halogens is 1. The van der Waals surface area contributed by atoms with Crippen LogP contribution in [0.4, 0.5) is 4.39 Å². The molecular weight excluding hydrogens is 275 g/mol. The van der Waals surface area contributed by atoms with Crippen molar-refractivity contribution in [2.75, 3.05) is 0 Å². The van der Waals surface area contributed by atoms with Crippen LogP contribution in [0.5, 0.6) is 0 Å². The first kappa shape index (κ1) is 12.9. The van der Waals surface area contributed by atoms with Gasteiger partial charge in [-0.1, -0.05) is 12.1 Å². The predicted octanol–water partition coefficient (Wildman–Crippen LogP) is 3.31. The van der Waals surface area contributed by atoms with Crippen LogP contribution in [0.2, 0.25) is 0 Å². The first-order valence-electron chi connectivity index (χ1n) is 6.21. The third-order valence-electron chi connectivity index (χ3n) is 3.24. The summed E-state index contributed by atoms with van der Waals surface area (Å²) in [5, 5.41) is 4.81. The molecule has 0 bridgehead atoms. The van der Waals surface area contributed by atoms with E-state index in [2.05, 4.69) is 5.32 Å². The lowest BCUT2D eigenvalue weighted by molar-refractivity contribution is 0.0943. The van der Waals surface area contributed by atoms with E-state index in [0.717, 1.165) is 15.8 Å². The van der Waals surface area contributed by atoms with Crippen molar-refractivity contribution in [3.8, 4) is 0 Å². The van der Waals surface area contributed by atoms with Crippen molar-refractivity contribution in [1.29, 1.82) is 0 Å². The fourth-order valence-corrected chi connectivity index (χ4v) is 3.04. The molecule has 2 aromatic heterocycles. The molecule has 3 nitrogen and oxygen atoms in total. The monoisotopic (exact) mass is 288 g/mol. The molecule has 1 N–H and O–H groups in total. The molecule has 0 spiro atoms. The number of thiophene rings is 1. The zero-order chi connectivity index (χ0) is 14.1. The Bertz CT molecular complexity index is 775. The Morgan fingerprint density at radius 3 is 2.95 bits per heavy atom. The summed E-state index contributed by atoms with van der Waals surface area (Å²) in [6.07, 6.45) is 0. The van der Waals surface area contributed by atoms with Crippen molar-refractivity contribution in [1.82, 2.24) is 9.88 Å². The van der Waals surface area contributed by atoms with Gasteiger partial charge in [0, 0.05) is 13.6 Å². The van der Waals surface area contributed by atoms with Crippen molar-refractivity contribution in [2.45, 2.75) is 6.54 Å². The molecule has 0 saturated heterocycles. The summed E-state index contributed by atoms with van der Waals surface area (Å²) >= 11 is 1.61. The van der Waals surface area contributed by atoms with E-state index in [1.54, 1.807) is 23.5 Å². The number of carbonyl (C=O) groups is 1. The molecule has 0 aliphatic carbocycles. The van der Waals surface area contributed by atoms with E-state index >= 15 is 0 Å². The van der Waals surface area contributed by atoms with Gasteiger partial charge in [-0.15, -0.1) is 11.3 Å². The van der Waals surface area contributed by atoms with E-state index in [1.807, 2.05) is 29.1 Å². The van der Waals surface area contributed by atoms with E-state index < -0.39 is 0 Å². The second kappa shape index (κ2) is 5.09. The number of nitrogens with zero attached hydrogens (tertiary/aromatic N) is 1. The van der Waals surface area contributed by atoms with Gasteiger partial charge in [-0.05, 0) is 35.2 Å². The largest absolute Gasteiger partial charge is 0.347 e. The number of hydrogen-bond donors (Lipinski definition) is 1. The van der Waals surface area contributed by atoms with Crippen LogP contribution >= 0.6 is 11.3 Å². The molecule has 0 atom stereocenters. The van der Waals surface area contributed by atoms with E-state index in [-0.39, 0.29) is 11.7 Å². The number of aryl methyl sites for hydroxylation is 1. The first-order valence-corrected chi connectivity index (χ1v) is 7.08. The topological polar surface area (TPSA) is 34.0 Å². The maximum absolute atomic E-state index is 13.1. The van der Waals surface area contributed by atoms with Crippen LogP contribution in [0.1, 0.15) is 16.1 Å². The highest BCUT2D eigenvalue weighted by molar-refractivity contribution is 7.17. The summed E-state index contributed by atoms with van der Waals surface area (Å²) in [7, 11) is 1.87. The molecule has 0 fully saturated rings. The molecule has 20 heavy (non-hydrogen) atoms. The Hall–Kier alpha value is -2.14. The van der Waals surface area contributed by atoms with Crippen LogP contribution in [-0.4, -0.2) is 10.5 Å². The molecule has 3 aromatic rings. The molecular formula is C15H13FN2OS. The van der Waals surface area contributed by atoms with Crippen molar-refractivity contribution in [3.05, 3.63) is 58.9 Å². The minimum absolute atomic E-state index is 0.153. The molecule has 1 aromatic carbocycles. The third kappa shape index (κ3) is 2.32. The number of nitrogens with one attached hydrogen (secondary N) is 1. The summed E-state index contributed by atoms with van der Waals surface area (Å²) in [5.74, 6) is -0.448. The highest BCUT2D eigenvalue weighted by atomic mass is 32.1. The number of benzene rings is 1. The zero-order valence-electron chi connectivity index (χ0n) is 10.9. The van der Waals surface area contributed by atoms with Crippen LogP contribution < -0.4 is 5.32 Å². The molecule has 102 valence electrons. The van der Waals surface area contributed by atoms with Crippen molar-refractivity contribution in [2.24, 2.45) is 7.05 Å². The van der Waals surface area contributed by atoms with Gasteiger partial charge in [0.15, 0.2) is 0 Å².